The van der Waals surface area contributed by atoms with E-state index in [4.69, 9.17) is 9.47 Å². The zero-order chi connectivity index (χ0) is 27.5. The van der Waals surface area contributed by atoms with Crippen LogP contribution in [0.3, 0.4) is 0 Å². The molecule has 1 fully saturated rings. The number of rotatable bonds is 9. The Morgan fingerprint density at radius 2 is 1.11 bits per heavy atom. The third-order valence-corrected chi connectivity index (χ3v) is 14.5. The van der Waals surface area contributed by atoms with E-state index >= 15 is 0 Å². The van der Waals surface area contributed by atoms with Gasteiger partial charge in [0, 0.05) is 10.6 Å². The topological polar surface area (TPSA) is 18.5 Å². The van der Waals surface area contributed by atoms with E-state index in [2.05, 4.69) is 125 Å². The fourth-order valence-electron chi connectivity index (χ4n) is 6.78. The van der Waals surface area contributed by atoms with Crippen molar-refractivity contribution in [3.05, 3.63) is 48.5 Å². The summed E-state index contributed by atoms with van der Waals surface area (Å²) in [7, 11) is -0.862. The average Bonchev–Trinajstić information content (AvgIpc) is 3.23. The van der Waals surface area contributed by atoms with Crippen LogP contribution >= 0.6 is 15.8 Å². The fraction of sp³-hybridized carbons (Fsp3) is 0.636. The lowest BCUT2D eigenvalue weighted by atomic mass is 10.0. The van der Waals surface area contributed by atoms with Crippen LogP contribution in [0.4, 0.5) is 0 Å². The van der Waals surface area contributed by atoms with Gasteiger partial charge in [-0.25, -0.2) is 0 Å². The van der Waals surface area contributed by atoms with E-state index < -0.39 is 7.92 Å². The fourth-order valence-corrected chi connectivity index (χ4v) is 15.5. The highest BCUT2D eigenvalue weighted by Gasteiger charge is 2.47. The van der Waals surface area contributed by atoms with Crippen molar-refractivity contribution in [3.8, 4) is 11.5 Å². The van der Waals surface area contributed by atoms with Gasteiger partial charge in [-0.1, -0.05) is 99.2 Å². The molecule has 2 aromatic rings. The Labute approximate surface area is 230 Å². The van der Waals surface area contributed by atoms with Gasteiger partial charge in [-0.2, -0.15) is 0 Å². The van der Waals surface area contributed by atoms with E-state index in [9.17, 15) is 0 Å². The van der Waals surface area contributed by atoms with Gasteiger partial charge in [0.2, 0.25) is 0 Å². The Hall–Kier alpha value is -1.10. The molecule has 37 heavy (non-hydrogen) atoms. The smallest absolute Gasteiger partial charge is 0.127 e. The molecule has 0 radical (unpaired) electrons. The maximum Gasteiger partial charge on any atom is 0.127 e. The zero-order valence-electron chi connectivity index (χ0n) is 25.3. The number of benzene rings is 2. The molecule has 0 spiro atoms. The second kappa shape index (κ2) is 12.4. The third-order valence-electron chi connectivity index (χ3n) is 7.31. The summed E-state index contributed by atoms with van der Waals surface area (Å²) in [4.78, 5) is 0. The van der Waals surface area contributed by atoms with Crippen LogP contribution in [0.2, 0.25) is 0 Å². The summed E-state index contributed by atoms with van der Waals surface area (Å²) in [5.74, 6) is 2.81. The van der Waals surface area contributed by atoms with Crippen LogP contribution in [0.1, 0.15) is 95.4 Å². The normalized spacial score (nSPS) is 19.8. The van der Waals surface area contributed by atoms with Crippen molar-refractivity contribution in [1.29, 1.82) is 0 Å². The van der Waals surface area contributed by atoms with Gasteiger partial charge in [0.1, 0.15) is 11.5 Å². The lowest BCUT2D eigenvalue weighted by Gasteiger charge is -2.49. The molecule has 1 unspecified atom stereocenters. The summed E-state index contributed by atoms with van der Waals surface area (Å²) >= 11 is 0. The number of para-hydroxylation sites is 2. The van der Waals surface area contributed by atoms with Crippen LogP contribution < -0.4 is 20.1 Å². The lowest BCUT2D eigenvalue weighted by molar-refractivity contribution is 0.244. The summed E-state index contributed by atoms with van der Waals surface area (Å²) < 4.78 is 12.9. The molecule has 0 N–H and O–H groups in total. The zero-order valence-corrected chi connectivity index (χ0v) is 27.1. The maximum atomic E-state index is 6.46. The molecule has 206 valence electrons. The maximum absolute atomic E-state index is 6.46. The molecule has 1 aliphatic rings. The second-order valence-electron chi connectivity index (χ2n) is 13.3. The number of hydrogen-bond donors (Lipinski definition) is 0. The molecule has 0 aromatic heterocycles. The van der Waals surface area contributed by atoms with Crippen molar-refractivity contribution in [2.24, 2.45) is 5.92 Å². The van der Waals surface area contributed by atoms with E-state index in [1.807, 2.05) is 0 Å². The predicted octanol–water partition coefficient (Wildman–Crippen LogP) is 9.33. The first-order chi connectivity index (χ1) is 17.2. The predicted molar refractivity (Wildman–Crippen MR) is 168 cm³/mol. The largest absolute Gasteiger partial charge is 0.490 e. The van der Waals surface area contributed by atoms with Crippen LogP contribution in [0.25, 0.3) is 0 Å². The first-order valence-corrected chi connectivity index (χ1v) is 17.1. The lowest BCUT2D eigenvalue weighted by Crippen LogP contribution is -2.37. The van der Waals surface area contributed by atoms with Gasteiger partial charge < -0.3 is 9.47 Å². The van der Waals surface area contributed by atoms with Gasteiger partial charge in [-0.15, -0.1) is 0 Å². The molecule has 3 rings (SSSR count). The molecule has 0 amide bonds. The third kappa shape index (κ3) is 7.51. The van der Waals surface area contributed by atoms with Gasteiger partial charge >= 0.3 is 0 Å². The summed E-state index contributed by atoms with van der Waals surface area (Å²) in [6.07, 6.45) is 4.22. The van der Waals surface area contributed by atoms with E-state index in [-0.39, 0.29) is 20.1 Å². The highest BCUT2D eigenvalue weighted by Crippen LogP contribution is 2.67. The molecule has 0 heterocycles. The molecule has 0 aliphatic heterocycles. The molecular weight excluding hydrogens is 490 g/mol. The Morgan fingerprint density at radius 1 is 0.676 bits per heavy atom. The van der Waals surface area contributed by atoms with E-state index in [0.29, 0.717) is 27.5 Å². The summed E-state index contributed by atoms with van der Waals surface area (Å²) in [6, 6.07) is 17.7. The van der Waals surface area contributed by atoms with Crippen molar-refractivity contribution in [3.63, 3.8) is 0 Å². The quantitative estimate of drug-likeness (QED) is 0.294. The molecule has 4 heteroatoms. The number of ether oxygens (including phenoxy) is 2. The molecule has 0 saturated heterocycles. The molecular formula is C33H52O2P2. The van der Waals surface area contributed by atoms with Gasteiger partial charge in [0.05, 0.1) is 12.2 Å². The monoisotopic (exact) mass is 542 g/mol. The molecule has 2 nitrogen and oxygen atoms in total. The van der Waals surface area contributed by atoms with Crippen molar-refractivity contribution >= 4 is 26.5 Å². The average molecular weight is 543 g/mol. The van der Waals surface area contributed by atoms with Crippen molar-refractivity contribution in [2.75, 3.05) is 0 Å². The number of hydrogen-bond acceptors (Lipinski definition) is 2. The minimum atomic E-state index is -0.663. The minimum absolute atomic E-state index is 0.146. The van der Waals surface area contributed by atoms with Crippen LogP contribution in [0.5, 0.6) is 11.5 Å². The van der Waals surface area contributed by atoms with Crippen molar-refractivity contribution in [1.82, 2.24) is 0 Å². The van der Waals surface area contributed by atoms with Crippen molar-refractivity contribution < 1.29 is 9.47 Å². The second-order valence-corrected chi connectivity index (χ2v) is 19.9. The highest BCUT2D eigenvalue weighted by atomic mass is 31.1. The highest BCUT2D eigenvalue weighted by molar-refractivity contribution is 7.74. The van der Waals surface area contributed by atoms with Crippen molar-refractivity contribution in [2.45, 2.75) is 129 Å². The van der Waals surface area contributed by atoms with Gasteiger partial charge in [0.15, 0.2) is 0 Å². The Bertz CT molecular complexity index is 934. The van der Waals surface area contributed by atoms with Crippen LogP contribution in [-0.2, 0) is 0 Å². The minimum Gasteiger partial charge on any atom is -0.490 e. The molecule has 0 bridgehead atoms. The molecule has 3 atom stereocenters. The first-order valence-electron chi connectivity index (χ1n) is 14.3. The summed E-state index contributed by atoms with van der Waals surface area (Å²) in [6.45, 7) is 26.0. The van der Waals surface area contributed by atoms with E-state index in [1.165, 1.54) is 29.9 Å². The van der Waals surface area contributed by atoms with E-state index in [1.54, 1.807) is 0 Å². The SMILES string of the molecule is CC(C)Oc1ccccc1P(c1ccccc1OC(C)C)[C@H]1CCC[C@H]1C(C)P(C(C)(C)C)C(C)(C)C. The molecule has 1 saturated carbocycles. The van der Waals surface area contributed by atoms with Gasteiger partial charge in [-0.3, -0.25) is 0 Å². The van der Waals surface area contributed by atoms with Gasteiger partial charge in [0.25, 0.3) is 0 Å². The van der Waals surface area contributed by atoms with Crippen LogP contribution in [-0.4, -0.2) is 33.8 Å². The standard InChI is InChI=1S/C33H52O2P2/c1-23(2)34-27-18-12-14-20-30(27)36(31-21-15-13-19-28(31)35-24(3)4)29-22-16-17-26(29)25(5)37(32(6,7)8)33(9,10)11/h12-15,18-21,23-26,29H,16-17,22H2,1-11H3/t25?,26-,29-/m0/s1. The van der Waals surface area contributed by atoms with Crippen LogP contribution in [0, 0.1) is 5.92 Å². The summed E-state index contributed by atoms with van der Waals surface area (Å²) in [5.41, 5.74) is 1.32. The molecule has 2 aromatic carbocycles. The Morgan fingerprint density at radius 3 is 1.51 bits per heavy atom. The first kappa shape index (κ1) is 30.4. The van der Waals surface area contributed by atoms with E-state index in [0.717, 1.165) is 11.5 Å². The Kier molecular flexibility index (Phi) is 10.2. The Balaban J connectivity index is 2.18. The van der Waals surface area contributed by atoms with Crippen LogP contribution in [0.15, 0.2) is 48.5 Å². The summed E-state index contributed by atoms with van der Waals surface area (Å²) in [5, 5.41) is 3.40. The van der Waals surface area contributed by atoms with Gasteiger partial charge in [-0.05, 0) is 88.1 Å². The molecule has 1 aliphatic carbocycles.